The molecule has 0 radical (unpaired) electrons. The molecule has 3 heterocycles. The van der Waals surface area contributed by atoms with Crippen molar-refractivity contribution in [2.45, 2.75) is 18.6 Å². The monoisotopic (exact) mass is 436 g/mol. The van der Waals surface area contributed by atoms with Gasteiger partial charge in [0.1, 0.15) is 5.75 Å². The highest BCUT2D eigenvalue weighted by molar-refractivity contribution is 7.99. The third-order valence-corrected chi connectivity index (χ3v) is 6.06. The van der Waals surface area contributed by atoms with Crippen molar-refractivity contribution in [3.63, 3.8) is 0 Å². The lowest BCUT2D eigenvalue weighted by Gasteiger charge is -2.09. The number of aromatic nitrogens is 3. The van der Waals surface area contributed by atoms with Crippen LogP contribution in [0.2, 0.25) is 0 Å². The number of nitrogens with zero attached hydrogens (tertiary/aromatic N) is 3. The molecule has 2 aromatic heterocycles. The Balaban J connectivity index is 1.31. The molecule has 0 aliphatic carbocycles. The van der Waals surface area contributed by atoms with Crippen molar-refractivity contribution < 1.29 is 19.0 Å². The Morgan fingerprint density at radius 3 is 2.90 bits per heavy atom. The summed E-state index contributed by atoms with van der Waals surface area (Å²) in [5.74, 6) is 2.32. The Morgan fingerprint density at radius 1 is 1.16 bits per heavy atom. The summed E-state index contributed by atoms with van der Waals surface area (Å²) in [6, 6.07) is 13.5. The highest BCUT2D eigenvalue weighted by atomic mass is 32.2. The second-order valence-corrected chi connectivity index (χ2v) is 8.08. The van der Waals surface area contributed by atoms with E-state index in [4.69, 9.17) is 14.2 Å². The number of benzene rings is 2. The second kappa shape index (κ2) is 7.99. The van der Waals surface area contributed by atoms with Crippen molar-refractivity contribution >= 4 is 34.2 Å². The maximum absolute atomic E-state index is 12.4. The van der Waals surface area contributed by atoms with Crippen molar-refractivity contribution in [2.75, 3.05) is 19.7 Å². The Hall–Kier alpha value is -3.46. The second-order valence-electron chi connectivity index (χ2n) is 7.14. The Kier molecular flexibility index (Phi) is 5.03. The molecule has 1 N–H and O–H groups in total. The summed E-state index contributed by atoms with van der Waals surface area (Å²) in [7, 11) is 1.64. The van der Waals surface area contributed by atoms with Gasteiger partial charge in [0.25, 0.3) is 0 Å². The summed E-state index contributed by atoms with van der Waals surface area (Å²) in [6.45, 7) is 2.68. The smallest absolute Gasteiger partial charge is 0.231 e. The van der Waals surface area contributed by atoms with Crippen molar-refractivity contribution in [1.29, 1.82) is 0 Å². The zero-order chi connectivity index (χ0) is 21.4. The fraction of sp³-hybridized carbons (Fsp3) is 0.227. The van der Waals surface area contributed by atoms with E-state index in [0.29, 0.717) is 17.5 Å². The van der Waals surface area contributed by atoms with Crippen LogP contribution >= 0.6 is 11.8 Å². The molecule has 8 nitrogen and oxygen atoms in total. The van der Waals surface area contributed by atoms with Gasteiger partial charge in [-0.1, -0.05) is 17.8 Å². The molecule has 0 saturated heterocycles. The van der Waals surface area contributed by atoms with Crippen molar-refractivity contribution in [2.24, 2.45) is 0 Å². The minimum atomic E-state index is -0.0894. The van der Waals surface area contributed by atoms with Gasteiger partial charge in [-0.05, 0) is 48.4 Å². The molecule has 0 saturated carbocycles. The first-order chi connectivity index (χ1) is 15.1. The van der Waals surface area contributed by atoms with Gasteiger partial charge in [0.05, 0.1) is 18.4 Å². The minimum Gasteiger partial charge on any atom is -0.497 e. The summed E-state index contributed by atoms with van der Waals surface area (Å²) in [6.07, 6.45) is 0. The third-order valence-electron chi connectivity index (χ3n) is 5.13. The topological polar surface area (TPSA) is 87.0 Å². The molecule has 1 amide bonds. The van der Waals surface area contributed by atoms with Crippen LogP contribution in [0.3, 0.4) is 0 Å². The highest BCUT2D eigenvalue weighted by Gasteiger charge is 2.15. The number of methoxy groups -OCH3 is 1. The third kappa shape index (κ3) is 3.72. The van der Waals surface area contributed by atoms with E-state index < -0.39 is 0 Å². The Morgan fingerprint density at radius 2 is 2.03 bits per heavy atom. The molecule has 4 aromatic rings. The molecule has 0 atom stereocenters. The van der Waals surface area contributed by atoms with E-state index in [0.717, 1.165) is 39.2 Å². The number of rotatable bonds is 6. The number of aryl methyl sites for hydroxylation is 1. The number of carbonyl (C=O) groups excluding carboxylic acids is 1. The maximum atomic E-state index is 12.4. The average Bonchev–Trinajstić information content (AvgIpc) is 3.42. The molecule has 0 spiro atoms. The van der Waals surface area contributed by atoms with Crippen LogP contribution in [0.4, 0.5) is 0 Å². The molecule has 31 heavy (non-hydrogen) atoms. The zero-order valence-corrected chi connectivity index (χ0v) is 17.9. The SMILES string of the molecule is COc1ccc2c(C)cc3nnc(SCC(=O)NCc4ccc5c(c4)OCO5)n3c2c1. The van der Waals surface area contributed by atoms with E-state index in [1.807, 2.05) is 53.8 Å². The van der Waals surface area contributed by atoms with E-state index in [9.17, 15) is 4.79 Å². The molecule has 5 rings (SSSR count). The predicted octanol–water partition coefficient (Wildman–Crippen LogP) is 3.34. The molecular formula is C22H20N4O4S. The standard InChI is InChI=1S/C22H20N4O4S/c1-13-7-20-24-25-22(26(20)17-9-15(28-2)4-5-16(13)17)31-11-21(27)23-10-14-3-6-18-19(8-14)30-12-29-18/h3-9H,10-12H2,1-2H3,(H,23,27). The molecule has 158 valence electrons. The number of thioether (sulfide) groups is 1. The van der Waals surface area contributed by atoms with Crippen LogP contribution in [0.25, 0.3) is 16.6 Å². The number of fused-ring (bicyclic) bond motifs is 4. The van der Waals surface area contributed by atoms with E-state index in [2.05, 4.69) is 15.5 Å². The highest BCUT2D eigenvalue weighted by Crippen LogP contribution is 2.32. The van der Waals surface area contributed by atoms with E-state index in [1.54, 1.807) is 7.11 Å². The number of pyridine rings is 1. The van der Waals surface area contributed by atoms with Crippen LogP contribution in [0.15, 0.2) is 47.6 Å². The van der Waals surface area contributed by atoms with Gasteiger partial charge in [0.15, 0.2) is 22.3 Å². The quantitative estimate of drug-likeness (QED) is 0.464. The van der Waals surface area contributed by atoms with Crippen LogP contribution in [0.1, 0.15) is 11.1 Å². The van der Waals surface area contributed by atoms with Gasteiger partial charge in [-0.3, -0.25) is 9.20 Å². The molecule has 2 aromatic carbocycles. The average molecular weight is 436 g/mol. The van der Waals surface area contributed by atoms with Gasteiger partial charge >= 0.3 is 0 Å². The molecule has 0 bridgehead atoms. The number of carbonyl (C=O) groups is 1. The fourth-order valence-corrected chi connectivity index (χ4v) is 4.34. The Labute approximate surface area is 182 Å². The molecule has 9 heteroatoms. The molecular weight excluding hydrogens is 416 g/mol. The lowest BCUT2D eigenvalue weighted by atomic mass is 10.1. The van der Waals surface area contributed by atoms with Crippen molar-refractivity contribution in [3.05, 3.63) is 53.6 Å². The van der Waals surface area contributed by atoms with Gasteiger partial charge in [-0.2, -0.15) is 0 Å². The minimum absolute atomic E-state index is 0.0894. The first kappa shape index (κ1) is 19.5. The maximum Gasteiger partial charge on any atom is 0.231 e. The molecule has 0 unspecified atom stereocenters. The summed E-state index contributed by atoms with van der Waals surface area (Å²) in [5, 5.41) is 13.3. The van der Waals surface area contributed by atoms with Crippen LogP contribution in [-0.2, 0) is 11.3 Å². The van der Waals surface area contributed by atoms with E-state index in [1.165, 1.54) is 11.8 Å². The summed E-state index contributed by atoms with van der Waals surface area (Å²) in [4.78, 5) is 12.4. The van der Waals surface area contributed by atoms with Gasteiger partial charge in [-0.15, -0.1) is 10.2 Å². The van der Waals surface area contributed by atoms with Crippen LogP contribution in [-0.4, -0.2) is 40.2 Å². The van der Waals surface area contributed by atoms with Crippen LogP contribution in [0, 0.1) is 6.92 Å². The van der Waals surface area contributed by atoms with Crippen LogP contribution < -0.4 is 19.5 Å². The summed E-state index contributed by atoms with van der Waals surface area (Å²) in [5.41, 5.74) is 3.74. The number of amides is 1. The van der Waals surface area contributed by atoms with Crippen LogP contribution in [0.5, 0.6) is 17.2 Å². The van der Waals surface area contributed by atoms with Crippen molar-refractivity contribution in [3.8, 4) is 17.2 Å². The van der Waals surface area contributed by atoms with Gasteiger partial charge in [0.2, 0.25) is 12.7 Å². The Bertz CT molecular complexity index is 1300. The van der Waals surface area contributed by atoms with Crippen molar-refractivity contribution in [1.82, 2.24) is 19.9 Å². The van der Waals surface area contributed by atoms with Gasteiger partial charge in [0, 0.05) is 18.0 Å². The zero-order valence-electron chi connectivity index (χ0n) is 17.0. The van der Waals surface area contributed by atoms with Gasteiger partial charge < -0.3 is 19.5 Å². The predicted molar refractivity (Wildman–Crippen MR) is 117 cm³/mol. The number of hydrogen-bond acceptors (Lipinski definition) is 7. The van der Waals surface area contributed by atoms with E-state index >= 15 is 0 Å². The molecule has 0 fully saturated rings. The first-order valence-corrected chi connectivity index (χ1v) is 10.7. The summed E-state index contributed by atoms with van der Waals surface area (Å²) >= 11 is 1.35. The molecule has 1 aliphatic heterocycles. The first-order valence-electron chi connectivity index (χ1n) is 9.73. The summed E-state index contributed by atoms with van der Waals surface area (Å²) < 4.78 is 18.0. The van der Waals surface area contributed by atoms with Gasteiger partial charge in [-0.25, -0.2) is 0 Å². The number of ether oxygens (including phenoxy) is 3. The fourth-order valence-electron chi connectivity index (χ4n) is 3.56. The number of nitrogens with one attached hydrogen (secondary N) is 1. The largest absolute Gasteiger partial charge is 0.497 e. The lowest BCUT2D eigenvalue weighted by Crippen LogP contribution is -2.24. The normalized spacial score (nSPS) is 12.5. The lowest BCUT2D eigenvalue weighted by molar-refractivity contribution is -0.118. The molecule has 1 aliphatic rings. The van der Waals surface area contributed by atoms with E-state index in [-0.39, 0.29) is 18.5 Å². The number of hydrogen-bond donors (Lipinski definition) is 1.